The minimum absolute atomic E-state index is 0.141. The maximum Gasteiger partial charge on any atom is 0.257 e. The fourth-order valence-corrected chi connectivity index (χ4v) is 1.55. The summed E-state index contributed by atoms with van der Waals surface area (Å²) in [5, 5.41) is 10.6. The number of hydrogen-bond donors (Lipinski definition) is 1. The molecular formula is C9H16F2N4. The van der Waals surface area contributed by atoms with E-state index < -0.39 is 6.43 Å². The first-order valence-corrected chi connectivity index (χ1v) is 4.91. The molecule has 0 aromatic carbocycles. The van der Waals surface area contributed by atoms with E-state index in [-0.39, 0.29) is 12.5 Å². The van der Waals surface area contributed by atoms with Gasteiger partial charge in [-0.05, 0) is 13.0 Å². The zero-order chi connectivity index (χ0) is 11.4. The minimum atomic E-state index is -2.40. The van der Waals surface area contributed by atoms with Gasteiger partial charge in [-0.15, -0.1) is 5.10 Å². The van der Waals surface area contributed by atoms with Gasteiger partial charge in [-0.1, -0.05) is 19.1 Å². The third-order valence-electron chi connectivity index (χ3n) is 2.05. The average molecular weight is 218 g/mol. The van der Waals surface area contributed by atoms with E-state index in [1.54, 1.807) is 7.05 Å². The standard InChI is InChI=1S/C9H16F2N4/c1-6(2)9-7(4-12-3)13-14-15(9)5-8(10)11/h6,8,12H,4-5H2,1-3H3. The summed E-state index contributed by atoms with van der Waals surface area (Å²) in [6.07, 6.45) is -2.40. The van der Waals surface area contributed by atoms with Gasteiger partial charge in [-0.2, -0.15) is 0 Å². The van der Waals surface area contributed by atoms with E-state index in [2.05, 4.69) is 15.6 Å². The Morgan fingerprint density at radius 3 is 2.53 bits per heavy atom. The van der Waals surface area contributed by atoms with Gasteiger partial charge in [0.1, 0.15) is 6.54 Å². The number of hydrogen-bond acceptors (Lipinski definition) is 3. The lowest BCUT2D eigenvalue weighted by atomic mass is 10.1. The molecule has 6 heteroatoms. The van der Waals surface area contributed by atoms with Gasteiger partial charge in [0.15, 0.2) is 0 Å². The second-order valence-corrected chi connectivity index (χ2v) is 3.68. The molecule has 1 rings (SSSR count). The summed E-state index contributed by atoms with van der Waals surface area (Å²) in [7, 11) is 1.79. The summed E-state index contributed by atoms with van der Waals surface area (Å²) in [6.45, 7) is 4.06. The number of nitrogens with zero attached hydrogens (tertiary/aromatic N) is 3. The van der Waals surface area contributed by atoms with Crippen molar-refractivity contribution in [3.63, 3.8) is 0 Å². The molecule has 0 radical (unpaired) electrons. The predicted molar refractivity (Wildman–Crippen MR) is 52.9 cm³/mol. The Balaban J connectivity index is 2.95. The third-order valence-corrected chi connectivity index (χ3v) is 2.05. The van der Waals surface area contributed by atoms with Crippen LogP contribution >= 0.6 is 0 Å². The Labute approximate surface area is 87.7 Å². The molecule has 1 aromatic heterocycles. The third kappa shape index (κ3) is 2.95. The van der Waals surface area contributed by atoms with Crippen LogP contribution in [0.4, 0.5) is 8.78 Å². The molecule has 1 aromatic rings. The number of alkyl halides is 2. The molecule has 0 spiro atoms. The van der Waals surface area contributed by atoms with Crippen molar-refractivity contribution in [3.8, 4) is 0 Å². The Bertz CT molecular complexity index is 309. The molecule has 0 aliphatic carbocycles. The summed E-state index contributed by atoms with van der Waals surface area (Å²) in [5.74, 6) is 0.141. The van der Waals surface area contributed by atoms with Crippen LogP contribution in [-0.4, -0.2) is 28.5 Å². The van der Waals surface area contributed by atoms with Gasteiger partial charge in [0.05, 0.1) is 11.4 Å². The summed E-state index contributed by atoms with van der Waals surface area (Å²) in [4.78, 5) is 0. The van der Waals surface area contributed by atoms with E-state index in [4.69, 9.17) is 0 Å². The molecule has 0 saturated heterocycles. The van der Waals surface area contributed by atoms with Crippen molar-refractivity contribution >= 4 is 0 Å². The normalized spacial score (nSPS) is 11.7. The van der Waals surface area contributed by atoms with Crippen molar-refractivity contribution < 1.29 is 8.78 Å². The second kappa shape index (κ2) is 5.16. The first-order valence-electron chi connectivity index (χ1n) is 4.91. The Hall–Kier alpha value is -1.04. The van der Waals surface area contributed by atoms with Crippen molar-refractivity contribution in [2.75, 3.05) is 7.05 Å². The van der Waals surface area contributed by atoms with Gasteiger partial charge in [0.2, 0.25) is 0 Å². The van der Waals surface area contributed by atoms with E-state index in [1.165, 1.54) is 4.68 Å². The Morgan fingerprint density at radius 1 is 1.40 bits per heavy atom. The van der Waals surface area contributed by atoms with E-state index >= 15 is 0 Å². The van der Waals surface area contributed by atoms with E-state index in [9.17, 15) is 8.78 Å². The lowest BCUT2D eigenvalue weighted by molar-refractivity contribution is 0.119. The fourth-order valence-electron chi connectivity index (χ4n) is 1.55. The van der Waals surface area contributed by atoms with Crippen LogP contribution in [-0.2, 0) is 13.1 Å². The molecule has 0 aliphatic rings. The van der Waals surface area contributed by atoms with Crippen LogP contribution in [0.1, 0.15) is 31.2 Å². The molecule has 0 saturated carbocycles. The van der Waals surface area contributed by atoms with Crippen molar-refractivity contribution in [3.05, 3.63) is 11.4 Å². The highest BCUT2D eigenvalue weighted by Crippen LogP contribution is 2.18. The zero-order valence-electron chi connectivity index (χ0n) is 9.17. The van der Waals surface area contributed by atoms with Crippen molar-refractivity contribution in [2.24, 2.45) is 0 Å². The maximum atomic E-state index is 12.3. The van der Waals surface area contributed by atoms with Crippen molar-refractivity contribution in [2.45, 2.75) is 39.3 Å². The molecule has 15 heavy (non-hydrogen) atoms. The van der Waals surface area contributed by atoms with Gasteiger partial charge >= 0.3 is 0 Å². The highest BCUT2D eigenvalue weighted by Gasteiger charge is 2.17. The van der Waals surface area contributed by atoms with Gasteiger partial charge in [-0.3, -0.25) is 0 Å². The van der Waals surface area contributed by atoms with Gasteiger partial charge in [-0.25, -0.2) is 13.5 Å². The van der Waals surface area contributed by atoms with Gasteiger partial charge in [0.25, 0.3) is 6.43 Å². The average Bonchev–Trinajstić information content (AvgIpc) is 2.47. The first kappa shape index (κ1) is 12.0. The SMILES string of the molecule is CNCc1nnn(CC(F)F)c1C(C)C. The number of rotatable bonds is 5. The molecule has 86 valence electrons. The van der Waals surface area contributed by atoms with E-state index in [0.29, 0.717) is 6.54 Å². The summed E-state index contributed by atoms with van der Waals surface area (Å²) < 4.78 is 25.8. The van der Waals surface area contributed by atoms with Gasteiger partial charge in [0, 0.05) is 6.54 Å². The Kier molecular flexibility index (Phi) is 4.14. The predicted octanol–water partition coefficient (Wildman–Crippen LogP) is 1.39. The van der Waals surface area contributed by atoms with Crippen LogP contribution in [0.25, 0.3) is 0 Å². The number of aromatic nitrogens is 3. The lowest BCUT2D eigenvalue weighted by Gasteiger charge is -2.10. The van der Waals surface area contributed by atoms with Crippen LogP contribution < -0.4 is 5.32 Å². The minimum Gasteiger partial charge on any atom is -0.314 e. The summed E-state index contributed by atoms with van der Waals surface area (Å²) in [6, 6.07) is 0. The van der Waals surface area contributed by atoms with Crippen LogP contribution in [0, 0.1) is 0 Å². The molecular weight excluding hydrogens is 202 g/mol. The monoisotopic (exact) mass is 218 g/mol. The lowest BCUT2D eigenvalue weighted by Crippen LogP contribution is -2.14. The van der Waals surface area contributed by atoms with E-state index in [1.807, 2.05) is 13.8 Å². The van der Waals surface area contributed by atoms with Crippen molar-refractivity contribution in [1.82, 2.24) is 20.3 Å². The molecule has 0 fully saturated rings. The summed E-state index contributed by atoms with van der Waals surface area (Å²) in [5.41, 5.74) is 1.53. The highest BCUT2D eigenvalue weighted by molar-refractivity contribution is 5.14. The zero-order valence-corrected chi connectivity index (χ0v) is 9.17. The molecule has 1 N–H and O–H groups in total. The molecule has 0 aliphatic heterocycles. The first-order chi connectivity index (χ1) is 7.06. The second-order valence-electron chi connectivity index (χ2n) is 3.68. The van der Waals surface area contributed by atoms with Gasteiger partial charge < -0.3 is 5.32 Å². The van der Waals surface area contributed by atoms with Crippen LogP contribution in [0.5, 0.6) is 0 Å². The molecule has 0 atom stereocenters. The largest absolute Gasteiger partial charge is 0.314 e. The molecule has 4 nitrogen and oxygen atoms in total. The molecule has 1 heterocycles. The maximum absolute atomic E-state index is 12.3. The quantitative estimate of drug-likeness (QED) is 0.812. The molecule has 0 unspecified atom stereocenters. The number of nitrogens with one attached hydrogen (secondary N) is 1. The van der Waals surface area contributed by atoms with Crippen LogP contribution in [0.15, 0.2) is 0 Å². The topological polar surface area (TPSA) is 42.7 Å². The number of halogens is 2. The highest BCUT2D eigenvalue weighted by atomic mass is 19.3. The van der Waals surface area contributed by atoms with E-state index in [0.717, 1.165) is 11.4 Å². The van der Waals surface area contributed by atoms with Crippen LogP contribution in [0.2, 0.25) is 0 Å². The van der Waals surface area contributed by atoms with Crippen molar-refractivity contribution in [1.29, 1.82) is 0 Å². The van der Waals surface area contributed by atoms with Crippen LogP contribution in [0.3, 0.4) is 0 Å². The molecule has 0 amide bonds. The smallest absolute Gasteiger partial charge is 0.257 e. The Morgan fingerprint density at radius 2 is 2.07 bits per heavy atom. The molecule has 0 bridgehead atoms. The summed E-state index contributed by atoms with van der Waals surface area (Å²) >= 11 is 0. The fraction of sp³-hybridized carbons (Fsp3) is 0.778.